The molecular weight excluding hydrogens is 216 g/mol. The normalized spacial score (nSPS) is 12.8. The molecular formula is C6H13ClN2O3S. The summed E-state index contributed by atoms with van der Waals surface area (Å²) in [6, 6.07) is 0. The van der Waals surface area contributed by atoms with Gasteiger partial charge in [-0.25, -0.2) is 13.1 Å². The summed E-state index contributed by atoms with van der Waals surface area (Å²) >= 11 is 5.17. The molecule has 0 rings (SSSR count). The zero-order chi connectivity index (χ0) is 10.7. The summed E-state index contributed by atoms with van der Waals surface area (Å²) in [6.45, 7) is 3.11. The number of nitrogens with one attached hydrogen (secondary N) is 1. The first-order valence-electron chi connectivity index (χ1n) is 3.54. The van der Waals surface area contributed by atoms with Crippen molar-refractivity contribution in [2.24, 2.45) is 5.73 Å². The van der Waals surface area contributed by atoms with Gasteiger partial charge in [-0.2, -0.15) is 0 Å². The topological polar surface area (TPSA) is 89.3 Å². The third kappa shape index (κ3) is 5.84. The summed E-state index contributed by atoms with van der Waals surface area (Å²) in [4.78, 5) is 10.5. The van der Waals surface area contributed by atoms with Crippen LogP contribution in [-0.2, 0) is 14.8 Å². The molecule has 3 N–H and O–H groups in total. The van der Waals surface area contributed by atoms with Crippen LogP contribution in [0.2, 0.25) is 0 Å². The van der Waals surface area contributed by atoms with Crippen molar-refractivity contribution >= 4 is 27.5 Å². The van der Waals surface area contributed by atoms with Crippen LogP contribution in [-0.4, -0.2) is 25.1 Å². The van der Waals surface area contributed by atoms with Crippen LogP contribution in [0.4, 0.5) is 0 Å². The number of carbonyl (C=O) groups excluding carboxylic acids is 1. The van der Waals surface area contributed by atoms with E-state index in [9.17, 15) is 13.2 Å². The minimum Gasteiger partial charge on any atom is -0.370 e. The fourth-order valence-corrected chi connectivity index (χ4v) is 2.05. The van der Waals surface area contributed by atoms with E-state index < -0.39 is 26.7 Å². The van der Waals surface area contributed by atoms with Gasteiger partial charge in [-0.15, -0.1) is 11.6 Å². The predicted molar refractivity (Wildman–Crippen MR) is 50.7 cm³/mol. The second-order valence-electron chi connectivity index (χ2n) is 3.35. The Kier molecular flexibility index (Phi) is 4.15. The second-order valence-corrected chi connectivity index (χ2v) is 5.66. The van der Waals surface area contributed by atoms with Gasteiger partial charge in [0.1, 0.15) is 5.21 Å². The highest BCUT2D eigenvalue weighted by Crippen LogP contribution is 2.09. The van der Waals surface area contributed by atoms with Crippen molar-refractivity contribution in [2.75, 3.05) is 5.21 Å². The summed E-state index contributed by atoms with van der Waals surface area (Å²) in [5.74, 6) is -0.567. The molecule has 0 saturated heterocycles. The van der Waals surface area contributed by atoms with Crippen molar-refractivity contribution in [3.63, 3.8) is 0 Å². The minimum absolute atomic E-state index is 0.0664. The molecule has 0 atom stereocenters. The van der Waals surface area contributed by atoms with Crippen molar-refractivity contribution in [3.05, 3.63) is 0 Å². The number of amides is 1. The van der Waals surface area contributed by atoms with E-state index in [0.29, 0.717) is 0 Å². The second kappa shape index (κ2) is 4.26. The fourth-order valence-electron chi connectivity index (χ4n) is 0.920. The molecule has 5 nitrogen and oxygen atoms in total. The number of primary amides is 1. The van der Waals surface area contributed by atoms with E-state index in [1.165, 1.54) is 0 Å². The van der Waals surface area contributed by atoms with Gasteiger partial charge in [0.15, 0.2) is 0 Å². The van der Waals surface area contributed by atoms with Crippen LogP contribution in [0.3, 0.4) is 0 Å². The molecule has 0 heterocycles. The van der Waals surface area contributed by atoms with Crippen LogP contribution in [0.15, 0.2) is 0 Å². The van der Waals surface area contributed by atoms with E-state index in [1.807, 2.05) is 0 Å². The lowest BCUT2D eigenvalue weighted by atomic mass is 10.0. The van der Waals surface area contributed by atoms with Crippen molar-refractivity contribution in [3.8, 4) is 0 Å². The molecule has 78 valence electrons. The van der Waals surface area contributed by atoms with Gasteiger partial charge < -0.3 is 5.73 Å². The molecule has 13 heavy (non-hydrogen) atoms. The highest BCUT2D eigenvalue weighted by Gasteiger charge is 2.25. The summed E-state index contributed by atoms with van der Waals surface area (Å²) < 4.78 is 24.3. The van der Waals surface area contributed by atoms with Crippen LogP contribution in [0.25, 0.3) is 0 Å². The van der Waals surface area contributed by atoms with E-state index in [1.54, 1.807) is 13.8 Å². The molecule has 0 aromatic carbocycles. The number of alkyl halides is 1. The quantitative estimate of drug-likeness (QED) is 0.637. The molecule has 0 aromatic heterocycles. The average molecular weight is 229 g/mol. The lowest BCUT2D eigenvalue weighted by Gasteiger charge is -2.23. The van der Waals surface area contributed by atoms with E-state index in [0.717, 1.165) is 0 Å². The monoisotopic (exact) mass is 228 g/mol. The van der Waals surface area contributed by atoms with Crippen LogP contribution in [0.5, 0.6) is 0 Å². The number of carbonyl (C=O) groups is 1. The zero-order valence-electron chi connectivity index (χ0n) is 7.50. The average Bonchev–Trinajstić information content (AvgIpc) is 1.81. The molecule has 0 aliphatic heterocycles. The molecule has 0 aromatic rings. The van der Waals surface area contributed by atoms with Crippen molar-refractivity contribution in [2.45, 2.75) is 25.8 Å². The third-order valence-electron chi connectivity index (χ3n) is 1.19. The fraction of sp³-hybridized carbons (Fsp3) is 0.833. The third-order valence-corrected chi connectivity index (χ3v) is 3.20. The molecule has 0 unspecified atom stereocenters. The first kappa shape index (κ1) is 12.7. The molecule has 0 saturated carbocycles. The first-order chi connectivity index (χ1) is 5.68. The Bertz CT molecular complexity index is 286. The van der Waals surface area contributed by atoms with Gasteiger partial charge in [0.05, 0.1) is 0 Å². The number of rotatable bonds is 5. The minimum atomic E-state index is -3.52. The van der Waals surface area contributed by atoms with Gasteiger partial charge in [-0.1, -0.05) is 0 Å². The van der Waals surface area contributed by atoms with E-state index in [2.05, 4.69) is 4.72 Å². The smallest absolute Gasteiger partial charge is 0.226 e. The summed E-state index contributed by atoms with van der Waals surface area (Å²) in [7, 11) is -3.52. The Morgan fingerprint density at radius 2 is 2.00 bits per heavy atom. The maximum absolute atomic E-state index is 11.0. The van der Waals surface area contributed by atoms with E-state index >= 15 is 0 Å². The molecule has 0 fully saturated rings. The Labute approximate surface area is 82.7 Å². The van der Waals surface area contributed by atoms with E-state index in [-0.39, 0.29) is 6.42 Å². The van der Waals surface area contributed by atoms with Gasteiger partial charge in [-0.3, -0.25) is 4.79 Å². The molecule has 0 radical (unpaired) electrons. The lowest BCUT2D eigenvalue weighted by molar-refractivity contribution is -0.119. The maximum Gasteiger partial charge on any atom is 0.226 e. The number of hydrogen-bond acceptors (Lipinski definition) is 3. The van der Waals surface area contributed by atoms with Gasteiger partial charge in [-0.05, 0) is 13.8 Å². The highest BCUT2D eigenvalue weighted by molar-refractivity contribution is 7.90. The van der Waals surface area contributed by atoms with Gasteiger partial charge in [0, 0.05) is 12.0 Å². The van der Waals surface area contributed by atoms with Gasteiger partial charge >= 0.3 is 0 Å². The number of nitrogens with two attached hydrogens (primary N) is 1. The summed E-state index contributed by atoms with van der Waals surface area (Å²) in [5, 5.41) is -0.533. The summed E-state index contributed by atoms with van der Waals surface area (Å²) in [6.07, 6.45) is -0.0664. The zero-order valence-corrected chi connectivity index (χ0v) is 9.07. The SMILES string of the molecule is CC(C)(CC(N)=O)NS(=O)(=O)CCl. The van der Waals surface area contributed by atoms with Crippen LogP contribution in [0, 0.1) is 0 Å². The van der Waals surface area contributed by atoms with Crippen LogP contribution < -0.4 is 10.5 Å². The molecule has 0 aliphatic carbocycles. The highest BCUT2D eigenvalue weighted by atomic mass is 35.5. The molecule has 0 bridgehead atoms. The van der Waals surface area contributed by atoms with E-state index in [4.69, 9.17) is 17.3 Å². The Balaban J connectivity index is 4.42. The van der Waals surface area contributed by atoms with Crippen molar-refractivity contribution < 1.29 is 13.2 Å². The first-order valence-corrected chi connectivity index (χ1v) is 5.73. The molecule has 7 heteroatoms. The summed E-state index contributed by atoms with van der Waals surface area (Å²) in [5.41, 5.74) is 4.04. The number of hydrogen-bond donors (Lipinski definition) is 2. The predicted octanol–water partition coefficient (Wildman–Crippen LogP) is -0.244. The van der Waals surface area contributed by atoms with Crippen molar-refractivity contribution in [1.29, 1.82) is 0 Å². The Morgan fingerprint density at radius 3 is 2.31 bits per heavy atom. The largest absolute Gasteiger partial charge is 0.370 e. The molecule has 0 aliphatic rings. The standard InChI is InChI=1S/C6H13ClN2O3S/c1-6(2,3-5(8)10)9-13(11,12)4-7/h9H,3-4H2,1-2H3,(H2,8,10). The Hall–Kier alpha value is -0.330. The molecule has 0 spiro atoms. The number of sulfonamides is 1. The van der Waals surface area contributed by atoms with Crippen LogP contribution in [0.1, 0.15) is 20.3 Å². The Morgan fingerprint density at radius 1 is 1.54 bits per heavy atom. The van der Waals surface area contributed by atoms with Crippen molar-refractivity contribution in [1.82, 2.24) is 4.72 Å². The number of halogens is 1. The van der Waals surface area contributed by atoms with Gasteiger partial charge in [0.25, 0.3) is 0 Å². The maximum atomic E-state index is 11.0. The van der Waals surface area contributed by atoms with Gasteiger partial charge in [0.2, 0.25) is 15.9 Å². The lowest BCUT2D eigenvalue weighted by Crippen LogP contribution is -2.46. The molecule has 1 amide bonds. The van der Waals surface area contributed by atoms with Crippen LogP contribution >= 0.6 is 11.6 Å².